The summed E-state index contributed by atoms with van der Waals surface area (Å²) in [6, 6.07) is 4.69. The van der Waals surface area contributed by atoms with Crippen molar-refractivity contribution >= 4 is 17.4 Å². The van der Waals surface area contributed by atoms with E-state index in [0.717, 1.165) is 19.2 Å². The van der Waals surface area contributed by atoms with Crippen molar-refractivity contribution in [2.75, 3.05) is 20.8 Å². The molecule has 6 nitrogen and oxygen atoms in total. The van der Waals surface area contributed by atoms with Crippen molar-refractivity contribution in [2.24, 2.45) is 10.3 Å². The Bertz CT molecular complexity index is 731. The van der Waals surface area contributed by atoms with Crippen LogP contribution in [0.25, 0.3) is 0 Å². The van der Waals surface area contributed by atoms with Crippen LogP contribution in [0.15, 0.2) is 34.6 Å². The first-order valence-corrected chi connectivity index (χ1v) is 6.82. The first-order valence-electron chi connectivity index (χ1n) is 6.82. The highest BCUT2D eigenvalue weighted by molar-refractivity contribution is 6.43. The van der Waals surface area contributed by atoms with Crippen LogP contribution in [0.4, 0.5) is 13.2 Å². The van der Waals surface area contributed by atoms with Crippen molar-refractivity contribution < 1.29 is 32.4 Å². The Morgan fingerprint density at radius 3 is 2.56 bits per heavy atom. The van der Waals surface area contributed by atoms with E-state index in [2.05, 4.69) is 31.7 Å². The number of alkyl halides is 3. The van der Waals surface area contributed by atoms with Crippen LogP contribution in [-0.2, 0) is 25.4 Å². The molecular formula is C16H15F3N2O4. The summed E-state index contributed by atoms with van der Waals surface area (Å²) < 4.78 is 42.4. The van der Waals surface area contributed by atoms with Crippen LogP contribution >= 0.6 is 0 Å². The third-order valence-electron chi connectivity index (χ3n) is 2.71. The maximum absolute atomic E-state index is 12.7. The minimum Gasteiger partial charge on any atom is -0.464 e. The number of esters is 1. The number of oxime groups is 2. The SMILES string of the molecule is CO/N=C(\C#CCO/N=C(/C)c1cccc(C(F)(F)F)c1)C(=O)OC. The largest absolute Gasteiger partial charge is 0.464 e. The highest BCUT2D eigenvalue weighted by Gasteiger charge is 2.30. The molecule has 0 unspecified atom stereocenters. The minimum atomic E-state index is -4.44. The van der Waals surface area contributed by atoms with E-state index in [1.54, 1.807) is 0 Å². The van der Waals surface area contributed by atoms with Gasteiger partial charge in [0, 0.05) is 0 Å². The zero-order chi connectivity index (χ0) is 18.9. The van der Waals surface area contributed by atoms with Gasteiger partial charge in [0.1, 0.15) is 7.11 Å². The Hall–Kier alpha value is -3.02. The van der Waals surface area contributed by atoms with Crippen molar-refractivity contribution in [3.63, 3.8) is 0 Å². The number of carbonyl (C=O) groups excluding carboxylic acids is 1. The fourth-order valence-corrected chi connectivity index (χ4v) is 1.55. The lowest BCUT2D eigenvalue weighted by atomic mass is 10.1. The van der Waals surface area contributed by atoms with E-state index in [0.29, 0.717) is 0 Å². The molecule has 0 aliphatic heterocycles. The van der Waals surface area contributed by atoms with Gasteiger partial charge in [-0.1, -0.05) is 28.4 Å². The van der Waals surface area contributed by atoms with Crippen molar-refractivity contribution in [3.05, 3.63) is 35.4 Å². The van der Waals surface area contributed by atoms with E-state index in [4.69, 9.17) is 4.84 Å². The van der Waals surface area contributed by atoms with Crippen LogP contribution in [0, 0.1) is 11.8 Å². The normalized spacial score (nSPS) is 12.1. The molecule has 0 saturated heterocycles. The second-order valence-corrected chi connectivity index (χ2v) is 4.44. The first-order chi connectivity index (χ1) is 11.8. The van der Waals surface area contributed by atoms with Gasteiger partial charge >= 0.3 is 12.1 Å². The van der Waals surface area contributed by atoms with E-state index in [1.165, 1.54) is 26.2 Å². The number of methoxy groups -OCH3 is 1. The van der Waals surface area contributed by atoms with E-state index < -0.39 is 17.7 Å². The molecule has 0 aliphatic carbocycles. The van der Waals surface area contributed by atoms with Crippen molar-refractivity contribution in [1.29, 1.82) is 0 Å². The lowest BCUT2D eigenvalue weighted by Gasteiger charge is -2.08. The van der Waals surface area contributed by atoms with Gasteiger partial charge in [0.15, 0.2) is 6.61 Å². The smallest absolute Gasteiger partial charge is 0.416 e. The van der Waals surface area contributed by atoms with E-state index in [1.807, 2.05) is 0 Å². The van der Waals surface area contributed by atoms with Gasteiger partial charge in [-0.15, -0.1) is 0 Å². The van der Waals surface area contributed by atoms with Crippen molar-refractivity contribution in [1.82, 2.24) is 0 Å². The number of hydrogen-bond acceptors (Lipinski definition) is 6. The second-order valence-electron chi connectivity index (χ2n) is 4.44. The molecule has 0 aliphatic rings. The zero-order valence-corrected chi connectivity index (χ0v) is 13.7. The van der Waals surface area contributed by atoms with Crippen molar-refractivity contribution in [2.45, 2.75) is 13.1 Å². The van der Waals surface area contributed by atoms with Crippen LogP contribution < -0.4 is 0 Å². The Kier molecular flexibility index (Phi) is 7.46. The molecule has 0 spiro atoms. The Balaban J connectivity index is 2.73. The maximum atomic E-state index is 12.7. The van der Waals surface area contributed by atoms with E-state index >= 15 is 0 Å². The fraction of sp³-hybridized carbons (Fsp3) is 0.312. The molecule has 0 bridgehead atoms. The van der Waals surface area contributed by atoms with Gasteiger partial charge in [-0.25, -0.2) is 4.79 Å². The van der Waals surface area contributed by atoms with Crippen molar-refractivity contribution in [3.8, 4) is 11.8 Å². The van der Waals surface area contributed by atoms with Gasteiger partial charge in [-0.05, 0) is 30.5 Å². The molecule has 0 fully saturated rings. The number of ether oxygens (including phenoxy) is 1. The Morgan fingerprint density at radius 1 is 1.24 bits per heavy atom. The summed E-state index contributed by atoms with van der Waals surface area (Å²) in [6.45, 7) is 1.28. The molecule has 1 rings (SSSR count). The van der Waals surface area contributed by atoms with Gasteiger partial charge in [0.2, 0.25) is 5.71 Å². The number of rotatable bonds is 5. The molecule has 25 heavy (non-hydrogen) atoms. The summed E-state index contributed by atoms with van der Waals surface area (Å²) in [5.74, 6) is 4.05. The molecule has 134 valence electrons. The lowest BCUT2D eigenvalue weighted by molar-refractivity contribution is -0.137. The second kappa shape index (κ2) is 9.32. The Morgan fingerprint density at radius 2 is 1.96 bits per heavy atom. The summed E-state index contributed by atoms with van der Waals surface area (Å²) in [6.07, 6.45) is -4.44. The molecule has 0 saturated carbocycles. The monoisotopic (exact) mass is 356 g/mol. The van der Waals surface area contributed by atoms with Gasteiger partial charge in [-0.2, -0.15) is 13.2 Å². The molecule has 0 amide bonds. The molecule has 0 heterocycles. The molecule has 1 aromatic rings. The molecule has 0 N–H and O–H groups in total. The predicted octanol–water partition coefficient (Wildman–Crippen LogP) is 2.62. The molecular weight excluding hydrogens is 341 g/mol. The number of halogens is 3. The van der Waals surface area contributed by atoms with Crippen LogP contribution in [-0.4, -0.2) is 38.2 Å². The first kappa shape index (κ1) is 20.0. The Labute approximate surface area is 142 Å². The third-order valence-corrected chi connectivity index (χ3v) is 2.71. The molecule has 0 radical (unpaired) electrons. The summed E-state index contributed by atoms with van der Waals surface area (Å²) in [5, 5.41) is 7.06. The van der Waals surface area contributed by atoms with Crippen LogP contribution in [0.3, 0.4) is 0 Å². The fourth-order valence-electron chi connectivity index (χ4n) is 1.55. The maximum Gasteiger partial charge on any atom is 0.416 e. The van der Waals surface area contributed by atoms with Crippen LogP contribution in [0.2, 0.25) is 0 Å². The topological polar surface area (TPSA) is 69.5 Å². The average Bonchev–Trinajstić information content (AvgIpc) is 2.59. The van der Waals surface area contributed by atoms with Gasteiger partial charge in [0.05, 0.1) is 18.4 Å². The zero-order valence-electron chi connectivity index (χ0n) is 13.7. The molecule has 0 aromatic heterocycles. The summed E-state index contributed by atoms with van der Waals surface area (Å²) in [4.78, 5) is 20.6. The van der Waals surface area contributed by atoms with Crippen LogP contribution in [0.1, 0.15) is 18.1 Å². The summed E-state index contributed by atoms with van der Waals surface area (Å²) >= 11 is 0. The molecule has 9 heteroatoms. The summed E-state index contributed by atoms with van der Waals surface area (Å²) in [7, 11) is 2.40. The standard InChI is InChI=1S/C16H15F3N2O4/c1-11(12-6-4-7-13(10-12)16(17,18)19)20-25-9-5-8-14(21-24-3)15(22)23-2/h4,6-7,10H,9H2,1-3H3/b20-11-,21-14+. The average molecular weight is 356 g/mol. The van der Waals surface area contributed by atoms with Crippen LogP contribution in [0.5, 0.6) is 0 Å². The van der Waals surface area contributed by atoms with Gasteiger partial charge in [-0.3, -0.25) is 0 Å². The third kappa shape index (κ3) is 6.55. The van der Waals surface area contributed by atoms with E-state index in [9.17, 15) is 18.0 Å². The van der Waals surface area contributed by atoms with E-state index in [-0.39, 0.29) is 23.6 Å². The number of hydrogen-bond donors (Lipinski definition) is 0. The number of benzene rings is 1. The highest BCUT2D eigenvalue weighted by atomic mass is 19.4. The predicted molar refractivity (Wildman–Crippen MR) is 83.8 cm³/mol. The quantitative estimate of drug-likeness (QED) is 0.267. The lowest BCUT2D eigenvalue weighted by Crippen LogP contribution is -2.14. The number of carbonyl (C=O) groups is 1. The number of nitrogens with zero attached hydrogens (tertiary/aromatic N) is 2. The molecule has 0 atom stereocenters. The summed E-state index contributed by atoms with van der Waals surface area (Å²) in [5.41, 5.74) is -0.532. The molecule has 1 aromatic carbocycles. The van der Waals surface area contributed by atoms with Gasteiger partial charge in [0.25, 0.3) is 0 Å². The van der Waals surface area contributed by atoms with Gasteiger partial charge < -0.3 is 14.4 Å². The highest BCUT2D eigenvalue weighted by Crippen LogP contribution is 2.29. The minimum absolute atomic E-state index is 0.212.